The van der Waals surface area contributed by atoms with E-state index >= 15 is 0 Å². The van der Waals surface area contributed by atoms with E-state index in [2.05, 4.69) is 25.3 Å². The molecule has 0 fully saturated rings. The molecule has 0 aliphatic carbocycles. The van der Waals surface area contributed by atoms with Gasteiger partial charge in [0.25, 0.3) is 0 Å². The molecule has 0 saturated heterocycles. The van der Waals surface area contributed by atoms with Crippen molar-refractivity contribution in [2.75, 3.05) is 17.7 Å². The van der Waals surface area contributed by atoms with Gasteiger partial charge in [0.2, 0.25) is 5.91 Å². The molecule has 1 amide bonds. The molecule has 132 valence electrons. The van der Waals surface area contributed by atoms with Crippen molar-refractivity contribution < 1.29 is 14.3 Å². The van der Waals surface area contributed by atoms with E-state index in [1.54, 1.807) is 31.2 Å². The zero-order chi connectivity index (χ0) is 18.5. The van der Waals surface area contributed by atoms with Crippen LogP contribution in [0.2, 0.25) is 0 Å². The van der Waals surface area contributed by atoms with Crippen LogP contribution in [-0.2, 0) is 9.53 Å². The zero-order valence-corrected chi connectivity index (χ0v) is 14.4. The third-order valence-electron chi connectivity index (χ3n) is 3.86. The minimum atomic E-state index is -0.520. The molecule has 7 heteroatoms. The second-order valence-electron chi connectivity index (χ2n) is 5.66. The number of para-hydroxylation sites is 1. The Morgan fingerprint density at radius 3 is 2.50 bits per heavy atom. The van der Waals surface area contributed by atoms with E-state index in [9.17, 15) is 9.59 Å². The van der Waals surface area contributed by atoms with Crippen LogP contribution in [0.1, 0.15) is 17.3 Å². The van der Waals surface area contributed by atoms with Gasteiger partial charge in [-0.25, -0.2) is 14.8 Å². The average Bonchev–Trinajstić information content (AvgIpc) is 2.68. The maximum Gasteiger partial charge on any atom is 0.337 e. The number of carbonyl (C=O) groups excluding carboxylic acids is 2. The molecule has 0 saturated carbocycles. The molecule has 1 unspecified atom stereocenters. The summed E-state index contributed by atoms with van der Waals surface area (Å²) in [6, 6.07) is 13.5. The zero-order valence-electron chi connectivity index (χ0n) is 14.4. The number of methoxy groups -OCH3 is 1. The van der Waals surface area contributed by atoms with Crippen molar-refractivity contribution in [3.63, 3.8) is 0 Å². The number of anilines is 2. The van der Waals surface area contributed by atoms with E-state index in [4.69, 9.17) is 0 Å². The molecule has 26 heavy (non-hydrogen) atoms. The molecule has 0 bridgehead atoms. The highest BCUT2D eigenvalue weighted by Crippen LogP contribution is 2.19. The van der Waals surface area contributed by atoms with E-state index in [-0.39, 0.29) is 5.91 Å². The number of hydrogen-bond donors (Lipinski definition) is 2. The number of ether oxygens (including phenoxy) is 1. The van der Waals surface area contributed by atoms with Crippen molar-refractivity contribution in [3.8, 4) is 0 Å². The van der Waals surface area contributed by atoms with Gasteiger partial charge in [-0.15, -0.1) is 0 Å². The normalized spacial score (nSPS) is 11.6. The molecular formula is C19H18N4O3. The second-order valence-corrected chi connectivity index (χ2v) is 5.66. The third kappa shape index (κ3) is 3.77. The van der Waals surface area contributed by atoms with Gasteiger partial charge in [-0.05, 0) is 43.3 Å². The highest BCUT2D eigenvalue weighted by Gasteiger charge is 2.15. The Balaban J connectivity index is 1.69. The minimum Gasteiger partial charge on any atom is -0.465 e. The first kappa shape index (κ1) is 17.3. The van der Waals surface area contributed by atoms with Gasteiger partial charge in [-0.2, -0.15) is 0 Å². The average molecular weight is 350 g/mol. The molecule has 1 heterocycles. The van der Waals surface area contributed by atoms with E-state index in [1.807, 2.05) is 24.3 Å². The Bertz CT molecular complexity index is 936. The molecule has 0 aliphatic rings. The maximum absolute atomic E-state index is 12.4. The summed E-state index contributed by atoms with van der Waals surface area (Å²) in [7, 11) is 1.32. The Morgan fingerprint density at radius 2 is 1.77 bits per heavy atom. The standard InChI is InChI=1S/C19H18N4O3/c1-12(22-17-15-5-3-4-6-16(15)20-11-21-17)18(24)23-14-9-7-13(8-10-14)19(25)26-2/h3-12H,1-2H3,(H,23,24)(H,20,21,22). The molecule has 3 rings (SSSR count). The molecule has 0 radical (unpaired) electrons. The molecule has 1 atom stereocenters. The van der Waals surface area contributed by atoms with Crippen molar-refractivity contribution in [2.45, 2.75) is 13.0 Å². The van der Waals surface area contributed by atoms with Crippen molar-refractivity contribution in [1.82, 2.24) is 9.97 Å². The Morgan fingerprint density at radius 1 is 1.04 bits per heavy atom. The monoisotopic (exact) mass is 350 g/mol. The van der Waals surface area contributed by atoms with Crippen LogP contribution in [-0.4, -0.2) is 35.0 Å². The maximum atomic E-state index is 12.4. The SMILES string of the molecule is COC(=O)c1ccc(NC(=O)C(C)Nc2ncnc3ccccc23)cc1. The van der Waals surface area contributed by atoms with Crippen LogP contribution in [0.3, 0.4) is 0 Å². The lowest BCUT2D eigenvalue weighted by atomic mass is 10.2. The van der Waals surface area contributed by atoms with Gasteiger partial charge in [0, 0.05) is 11.1 Å². The number of aromatic nitrogens is 2. The second kappa shape index (κ2) is 7.60. The van der Waals surface area contributed by atoms with Crippen LogP contribution in [0.5, 0.6) is 0 Å². The molecule has 1 aromatic heterocycles. The number of esters is 1. The molecular weight excluding hydrogens is 332 g/mol. The topological polar surface area (TPSA) is 93.2 Å². The quantitative estimate of drug-likeness (QED) is 0.687. The van der Waals surface area contributed by atoms with Gasteiger partial charge < -0.3 is 15.4 Å². The van der Waals surface area contributed by atoms with Crippen LogP contribution in [0, 0.1) is 0 Å². The van der Waals surface area contributed by atoms with Crippen LogP contribution in [0.25, 0.3) is 10.9 Å². The smallest absolute Gasteiger partial charge is 0.337 e. The predicted molar refractivity (Wildman–Crippen MR) is 99.0 cm³/mol. The summed E-state index contributed by atoms with van der Waals surface area (Å²) in [5, 5.41) is 6.75. The van der Waals surface area contributed by atoms with E-state index in [1.165, 1.54) is 13.4 Å². The number of nitrogens with zero attached hydrogens (tertiary/aromatic N) is 2. The van der Waals surface area contributed by atoms with Gasteiger partial charge in [0.05, 0.1) is 18.2 Å². The van der Waals surface area contributed by atoms with Crippen LogP contribution >= 0.6 is 0 Å². The molecule has 2 N–H and O–H groups in total. The molecule has 0 aliphatic heterocycles. The summed E-state index contributed by atoms with van der Waals surface area (Å²) in [6.45, 7) is 1.75. The number of rotatable bonds is 5. The van der Waals surface area contributed by atoms with Gasteiger partial charge in [0.15, 0.2) is 0 Å². The first-order valence-corrected chi connectivity index (χ1v) is 8.04. The summed E-state index contributed by atoms with van der Waals surface area (Å²) >= 11 is 0. The highest BCUT2D eigenvalue weighted by molar-refractivity contribution is 5.98. The third-order valence-corrected chi connectivity index (χ3v) is 3.86. The van der Waals surface area contributed by atoms with E-state index < -0.39 is 12.0 Å². The van der Waals surface area contributed by atoms with Crippen molar-refractivity contribution in [1.29, 1.82) is 0 Å². The first-order chi connectivity index (χ1) is 12.6. The number of carbonyl (C=O) groups is 2. The van der Waals surface area contributed by atoms with E-state index in [0.29, 0.717) is 17.1 Å². The summed E-state index contributed by atoms with van der Waals surface area (Å²) in [4.78, 5) is 32.3. The van der Waals surface area contributed by atoms with Gasteiger partial charge in [0.1, 0.15) is 18.2 Å². The van der Waals surface area contributed by atoms with Crippen molar-refractivity contribution in [3.05, 3.63) is 60.4 Å². The number of fused-ring (bicyclic) bond motifs is 1. The number of nitrogens with one attached hydrogen (secondary N) is 2. The minimum absolute atomic E-state index is 0.224. The van der Waals surface area contributed by atoms with Crippen LogP contribution in [0.4, 0.5) is 11.5 Å². The number of benzene rings is 2. The number of amides is 1. The van der Waals surface area contributed by atoms with Gasteiger partial charge in [-0.3, -0.25) is 4.79 Å². The fraction of sp³-hybridized carbons (Fsp3) is 0.158. The van der Waals surface area contributed by atoms with Crippen LogP contribution < -0.4 is 10.6 Å². The summed E-state index contributed by atoms with van der Waals surface area (Å²) in [5.74, 6) is -0.0497. The Hall–Kier alpha value is -3.48. The first-order valence-electron chi connectivity index (χ1n) is 8.04. The largest absolute Gasteiger partial charge is 0.465 e. The molecule has 7 nitrogen and oxygen atoms in total. The van der Waals surface area contributed by atoms with Crippen LogP contribution in [0.15, 0.2) is 54.9 Å². The highest BCUT2D eigenvalue weighted by atomic mass is 16.5. The van der Waals surface area contributed by atoms with Crippen molar-refractivity contribution in [2.24, 2.45) is 0 Å². The van der Waals surface area contributed by atoms with Gasteiger partial charge in [-0.1, -0.05) is 12.1 Å². The van der Waals surface area contributed by atoms with E-state index in [0.717, 1.165) is 10.9 Å². The lowest BCUT2D eigenvalue weighted by Crippen LogP contribution is -2.32. The summed E-state index contributed by atoms with van der Waals surface area (Å²) in [6.07, 6.45) is 1.46. The fourth-order valence-corrected chi connectivity index (χ4v) is 2.45. The lowest BCUT2D eigenvalue weighted by Gasteiger charge is -2.16. The fourth-order valence-electron chi connectivity index (χ4n) is 2.45. The molecule has 3 aromatic rings. The number of hydrogen-bond acceptors (Lipinski definition) is 6. The lowest BCUT2D eigenvalue weighted by molar-refractivity contribution is -0.116. The summed E-state index contributed by atoms with van der Waals surface area (Å²) in [5.41, 5.74) is 1.81. The predicted octanol–water partition coefficient (Wildman–Crippen LogP) is 2.86. The Kier molecular flexibility index (Phi) is 5.07. The Labute approximate surface area is 150 Å². The van der Waals surface area contributed by atoms with Gasteiger partial charge >= 0.3 is 5.97 Å². The summed E-state index contributed by atoms with van der Waals surface area (Å²) < 4.78 is 4.65. The molecule has 0 spiro atoms. The van der Waals surface area contributed by atoms with Crippen molar-refractivity contribution >= 4 is 34.3 Å². The molecule has 2 aromatic carbocycles.